The second-order valence-electron chi connectivity index (χ2n) is 7.94. The monoisotopic (exact) mass is 447 g/mol. The highest BCUT2D eigenvalue weighted by molar-refractivity contribution is 6.31. The smallest absolute Gasteiger partial charge is 0.291 e. The van der Waals surface area contributed by atoms with Gasteiger partial charge in [0.05, 0.1) is 11.7 Å². The Hall–Kier alpha value is -3.58. The van der Waals surface area contributed by atoms with Crippen LogP contribution >= 0.6 is 11.6 Å². The summed E-state index contributed by atoms with van der Waals surface area (Å²) in [7, 11) is 1.61. The summed E-state index contributed by atoms with van der Waals surface area (Å²) >= 11 is 6.13. The van der Waals surface area contributed by atoms with Crippen LogP contribution < -0.4 is 10.9 Å². The fourth-order valence-corrected chi connectivity index (χ4v) is 4.51. The summed E-state index contributed by atoms with van der Waals surface area (Å²) in [5.41, 5.74) is 3.19. The lowest BCUT2D eigenvalue weighted by molar-refractivity contribution is -0.123. The number of halogens is 1. The zero-order chi connectivity index (χ0) is 22.4. The predicted molar refractivity (Wildman–Crippen MR) is 127 cm³/mol. The lowest BCUT2D eigenvalue weighted by Crippen LogP contribution is -2.33. The van der Waals surface area contributed by atoms with Crippen molar-refractivity contribution in [2.24, 2.45) is 7.05 Å². The van der Waals surface area contributed by atoms with Crippen molar-refractivity contribution in [1.82, 2.24) is 24.6 Å². The number of fused-ring (bicyclic) bond motifs is 4. The van der Waals surface area contributed by atoms with E-state index in [-0.39, 0.29) is 11.5 Å². The van der Waals surface area contributed by atoms with E-state index in [1.165, 1.54) is 4.68 Å². The van der Waals surface area contributed by atoms with Crippen molar-refractivity contribution in [3.05, 3.63) is 75.8 Å². The molecule has 1 amide bonds. The molecule has 3 aromatic heterocycles. The minimum atomic E-state index is -0.565. The van der Waals surface area contributed by atoms with Crippen LogP contribution in [-0.2, 0) is 18.3 Å². The Morgan fingerprint density at radius 3 is 2.84 bits per heavy atom. The second-order valence-corrected chi connectivity index (χ2v) is 8.38. The maximum absolute atomic E-state index is 13.1. The van der Waals surface area contributed by atoms with E-state index in [1.807, 2.05) is 60.2 Å². The molecule has 0 bridgehead atoms. The number of aromatic amines is 1. The molecule has 0 saturated carbocycles. The van der Waals surface area contributed by atoms with Gasteiger partial charge in [0.25, 0.3) is 5.56 Å². The number of hydrogen-bond donors (Lipinski definition) is 2. The number of carbonyl (C=O) groups is 1. The Labute approximate surface area is 188 Å². The van der Waals surface area contributed by atoms with Crippen molar-refractivity contribution in [2.45, 2.75) is 19.4 Å². The van der Waals surface area contributed by atoms with Gasteiger partial charge in [-0.15, -0.1) is 0 Å². The standard InChI is InChI=1S/C24H22ClN5O2/c1-14(23(31)26-10-9-15-12-27-20-8-7-16(25)11-18(15)20)30-21-6-4-3-5-17(21)19-13-28-29(2)24(32)22(19)30/h3-8,11-14,27H,9-10H2,1-2H3,(H,26,31)/t14-/m0/s1. The van der Waals surface area contributed by atoms with Crippen molar-refractivity contribution >= 4 is 50.2 Å². The van der Waals surface area contributed by atoms with Gasteiger partial charge in [0.15, 0.2) is 0 Å². The van der Waals surface area contributed by atoms with Gasteiger partial charge in [-0.3, -0.25) is 9.59 Å². The Morgan fingerprint density at radius 1 is 1.19 bits per heavy atom. The number of aryl methyl sites for hydroxylation is 1. The average molecular weight is 448 g/mol. The molecule has 0 aliphatic heterocycles. The van der Waals surface area contributed by atoms with Gasteiger partial charge in [0.2, 0.25) is 5.91 Å². The molecule has 0 spiro atoms. The van der Waals surface area contributed by atoms with Crippen LogP contribution in [0.25, 0.3) is 32.7 Å². The molecule has 0 unspecified atom stereocenters. The molecule has 7 nitrogen and oxygen atoms in total. The Kier molecular flexibility index (Phi) is 4.98. The Bertz CT molecular complexity index is 1550. The van der Waals surface area contributed by atoms with Crippen LogP contribution in [0.15, 0.2) is 59.7 Å². The maximum atomic E-state index is 13.1. The normalized spacial score (nSPS) is 12.6. The quantitative estimate of drug-likeness (QED) is 0.428. The van der Waals surface area contributed by atoms with Gasteiger partial charge >= 0.3 is 0 Å². The van der Waals surface area contributed by atoms with E-state index < -0.39 is 6.04 Å². The van der Waals surface area contributed by atoms with E-state index in [2.05, 4.69) is 15.4 Å². The highest BCUT2D eigenvalue weighted by Crippen LogP contribution is 2.29. The number of benzene rings is 2. The number of H-pyrrole nitrogens is 1. The highest BCUT2D eigenvalue weighted by Gasteiger charge is 2.23. The van der Waals surface area contributed by atoms with Gasteiger partial charge < -0.3 is 14.9 Å². The first kappa shape index (κ1) is 20.3. The van der Waals surface area contributed by atoms with Crippen LogP contribution in [0.2, 0.25) is 5.02 Å². The second kappa shape index (κ2) is 7.84. The summed E-state index contributed by atoms with van der Waals surface area (Å²) in [5, 5.41) is 10.6. The molecule has 5 rings (SSSR count). The molecular weight excluding hydrogens is 426 g/mol. The summed E-state index contributed by atoms with van der Waals surface area (Å²) in [6, 6.07) is 12.8. The minimum absolute atomic E-state index is 0.149. The number of aromatic nitrogens is 4. The first-order valence-electron chi connectivity index (χ1n) is 10.4. The topological polar surface area (TPSA) is 84.7 Å². The number of nitrogens with one attached hydrogen (secondary N) is 2. The van der Waals surface area contributed by atoms with Gasteiger partial charge in [-0.1, -0.05) is 29.8 Å². The van der Waals surface area contributed by atoms with E-state index >= 15 is 0 Å². The molecule has 0 aliphatic rings. The first-order chi connectivity index (χ1) is 15.5. The summed E-state index contributed by atoms with van der Waals surface area (Å²) in [6.07, 6.45) is 4.29. The molecule has 0 fully saturated rings. The zero-order valence-corrected chi connectivity index (χ0v) is 18.5. The lowest BCUT2D eigenvalue weighted by Gasteiger charge is -2.16. The fourth-order valence-electron chi connectivity index (χ4n) is 4.33. The number of amides is 1. The van der Waals surface area contributed by atoms with Crippen LogP contribution in [0, 0.1) is 0 Å². The van der Waals surface area contributed by atoms with E-state index in [9.17, 15) is 9.59 Å². The van der Waals surface area contributed by atoms with Crippen LogP contribution in [0.4, 0.5) is 0 Å². The molecule has 2 aromatic carbocycles. The van der Waals surface area contributed by atoms with Crippen molar-refractivity contribution in [2.75, 3.05) is 6.54 Å². The van der Waals surface area contributed by atoms with E-state index in [0.717, 1.165) is 32.8 Å². The summed E-state index contributed by atoms with van der Waals surface area (Å²) in [5.74, 6) is -0.149. The molecule has 8 heteroatoms. The largest absolute Gasteiger partial charge is 0.361 e. The Morgan fingerprint density at radius 2 is 2.00 bits per heavy atom. The molecule has 0 radical (unpaired) electrons. The van der Waals surface area contributed by atoms with E-state index in [0.29, 0.717) is 23.5 Å². The SMILES string of the molecule is C[C@@H](C(=O)NCCc1c[nH]c2ccc(Cl)cc12)n1c2ccccc2c2cnn(C)c(=O)c21. The third kappa shape index (κ3) is 3.26. The van der Waals surface area contributed by atoms with Crippen molar-refractivity contribution in [1.29, 1.82) is 0 Å². The van der Waals surface area contributed by atoms with Gasteiger partial charge in [-0.2, -0.15) is 5.10 Å². The van der Waals surface area contributed by atoms with Crippen LogP contribution in [-0.4, -0.2) is 31.8 Å². The third-order valence-corrected chi connectivity index (χ3v) is 6.23. The molecule has 3 heterocycles. The predicted octanol–water partition coefficient (Wildman–Crippen LogP) is 3.94. The molecule has 162 valence electrons. The molecule has 32 heavy (non-hydrogen) atoms. The maximum Gasteiger partial charge on any atom is 0.291 e. The molecular formula is C24H22ClN5O2. The van der Waals surface area contributed by atoms with Gasteiger partial charge in [0, 0.05) is 46.5 Å². The summed E-state index contributed by atoms with van der Waals surface area (Å²) in [4.78, 5) is 29.2. The third-order valence-electron chi connectivity index (χ3n) is 6.00. The Balaban J connectivity index is 1.43. The summed E-state index contributed by atoms with van der Waals surface area (Å²) in [6.45, 7) is 2.28. The summed E-state index contributed by atoms with van der Waals surface area (Å²) < 4.78 is 3.11. The van der Waals surface area contributed by atoms with Crippen molar-refractivity contribution < 1.29 is 4.79 Å². The molecule has 0 aliphatic carbocycles. The van der Waals surface area contributed by atoms with E-state index in [1.54, 1.807) is 13.2 Å². The number of nitrogens with zero attached hydrogens (tertiary/aromatic N) is 3. The lowest BCUT2D eigenvalue weighted by atomic mass is 10.1. The zero-order valence-electron chi connectivity index (χ0n) is 17.7. The van der Waals surface area contributed by atoms with Gasteiger partial charge in [-0.25, -0.2) is 4.68 Å². The number of hydrogen-bond acceptors (Lipinski definition) is 3. The number of rotatable bonds is 5. The molecule has 1 atom stereocenters. The van der Waals surface area contributed by atoms with Crippen LogP contribution in [0.5, 0.6) is 0 Å². The highest BCUT2D eigenvalue weighted by atomic mass is 35.5. The van der Waals surface area contributed by atoms with Crippen molar-refractivity contribution in [3.8, 4) is 0 Å². The number of carbonyl (C=O) groups excluding carboxylic acids is 1. The average Bonchev–Trinajstić information content (AvgIpc) is 3.34. The fraction of sp³-hybridized carbons (Fsp3) is 0.208. The molecule has 2 N–H and O–H groups in total. The van der Waals surface area contributed by atoms with Gasteiger partial charge in [-0.05, 0) is 43.2 Å². The van der Waals surface area contributed by atoms with E-state index in [4.69, 9.17) is 11.6 Å². The molecule has 5 aromatic rings. The molecule has 0 saturated heterocycles. The van der Waals surface area contributed by atoms with Crippen LogP contribution in [0.3, 0.4) is 0 Å². The van der Waals surface area contributed by atoms with Gasteiger partial charge in [0.1, 0.15) is 11.6 Å². The van der Waals surface area contributed by atoms with Crippen molar-refractivity contribution in [3.63, 3.8) is 0 Å². The number of para-hydroxylation sites is 1. The first-order valence-corrected chi connectivity index (χ1v) is 10.8. The van der Waals surface area contributed by atoms with Crippen LogP contribution in [0.1, 0.15) is 18.5 Å². The minimum Gasteiger partial charge on any atom is -0.361 e.